The first-order chi connectivity index (χ1) is 11.2. The van der Waals surface area contributed by atoms with Crippen molar-refractivity contribution in [2.24, 2.45) is 0 Å². The molecule has 0 atom stereocenters. The second kappa shape index (κ2) is 7.02. The lowest BCUT2D eigenvalue weighted by Crippen LogP contribution is -2.02. The molecule has 3 rings (SSSR count). The molecule has 118 valence electrons. The van der Waals surface area contributed by atoms with Crippen molar-refractivity contribution in [2.45, 2.75) is 17.8 Å². The minimum absolute atomic E-state index is 0.712. The first kappa shape index (κ1) is 15.8. The Morgan fingerprint density at radius 2 is 1.96 bits per heavy atom. The minimum atomic E-state index is 0.712. The number of tetrazole rings is 1. The van der Waals surface area contributed by atoms with Gasteiger partial charge in [0.05, 0.1) is 7.11 Å². The standard InChI is InChI=1S/C16H15ClN4OS/c1-11-3-8-15(22-2)14(9-11)21-16(18-19-20-21)23-10-12-4-6-13(17)7-5-12/h3-9H,10H2,1-2H3. The van der Waals surface area contributed by atoms with E-state index in [0.717, 1.165) is 33.3 Å². The molecule has 0 saturated carbocycles. The topological polar surface area (TPSA) is 52.8 Å². The van der Waals surface area contributed by atoms with Crippen molar-refractivity contribution in [2.75, 3.05) is 7.11 Å². The van der Waals surface area contributed by atoms with Crippen molar-refractivity contribution in [1.82, 2.24) is 20.2 Å². The zero-order chi connectivity index (χ0) is 16.2. The number of aromatic nitrogens is 4. The summed E-state index contributed by atoms with van der Waals surface area (Å²) < 4.78 is 7.12. The van der Waals surface area contributed by atoms with Gasteiger partial charge >= 0.3 is 0 Å². The van der Waals surface area contributed by atoms with Crippen LogP contribution in [0.3, 0.4) is 0 Å². The van der Waals surface area contributed by atoms with Gasteiger partial charge < -0.3 is 4.74 Å². The maximum atomic E-state index is 5.91. The van der Waals surface area contributed by atoms with E-state index in [0.29, 0.717) is 5.16 Å². The van der Waals surface area contributed by atoms with Crippen molar-refractivity contribution >= 4 is 23.4 Å². The Morgan fingerprint density at radius 3 is 2.70 bits per heavy atom. The molecule has 0 aliphatic heterocycles. The van der Waals surface area contributed by atoms with Crippen LogP contribution in [0.4, 0.5) is 0 Å². The number of rotatable bonds is 5. The molecular formula is C16H15ClN4OS. The molecule has 0 aliphatic rings. The average Bonchev–Trinajstić information content (AvgIpc) is 3.02. The highest BCUT2D eigenvalue weighted by Crippen LogP contribution is 2.28. The van der Waals surface area contributed by atoms with E-state index in [1.54, 1.807) is 23.6 Å². The predicted octanol–water partition coefficient (Wildman–Crippen LogP) is 3.93. The lowest BCUT2D eigenvalue weighted by molar-refractivity contribution is 0.410. The fourth-order valence-corrected chi connectivity index (χ4v) is 3.08. The number of ether oxygens (including phenoxy) is 1. The molecule has 23 heavy (non-hydrogen) atoms. The molecule has 0 saturated heterocycles. The summed E-state index contributed by atoms with van der Waals surface area (Å²) >= 11 is 7.47. The number of nitrogens with zero attached hydrogens (tertiary/aromatic N) is 4. The summed E-state index contributed by atoms with van der Waals surface area (Å²) in [7, 11) is 1.64. The number of hydrogen-bond acceptors (Lipinski definition) is 5. The van der Waals surface area contributed by atoms with Gasteiger partial charge in [0.1, 0.15) is 11.4 Å². The third-order valence-corrected chi connectivity index (χ3v) is 4.53. The van der Waals surface area contributed by atoms with Crippen LogP contribution in [-0.4, -0.2) is 27.3 Å². The third kappa shape index (κ3) is 3.65. The quantitative estimate of drug-likeness (QED) is 0.655. The fourth-order valence-electron chi connectivity index (χ4n) is 2.11. The van der Waals surface area contributed by atoms with Crippen molar-refractivity contribution in [3.63, 3.8) is 0 Å². The van der Waals surface area contributed by atoms with Crippen LogP contribution in [0.2, 0.25) is 5.02 Å². The summed E-state index contributed by atoms with van der Waals surface area (Å²) in [4.78, 5) is 0. The molecule has 0 bridgehead atoms. The highest BCUT2D eigenvalue weighted by molar-refractivity contribution is 7.98. The molecule has 7 heteroatoms. The van der Waals surface area contributed by atoms with Crippen molar-refractivity contribution in [3.05, 3.63) is 58.6 Å². The van der Waals surface area contributed by atoms with E-state index in [-0.39, 0.29) is 0 Å². The number of methoxy groups -OCH3 is 1. The van der Waals surface area contributed by atoms with E-state index in [9.17, 15) is 0 Å². The van der Waals surface area contributed by atoms with Gasteiger partial charge in [0.2, 0.25) is 5.16 Å². The molecule has 0 radical (unpaired) electrons. The molecule has 1 heterocycles. The van der Waals surface area contributed by atoms with Gasteiger partial charge in [-0.2, -0.15) is 4.68 Å². The second-order valence-corrected chi connectivity index (χ2v) is 6.34. The maximum absolute atomic E-state index is 5.91. The molecule has 0 aliphatic carbocycles. The largest absolute Gasteiger partial charge is 0.494 e. The van der Waals surface area contributed by atoms with Gasteiger partial charge in [0.25, 0.3) is 0 Å². The Balaban J connectivity index is 1.85. The Hall–Kier alpha value is -2.05. The molecular weight excluding hydrogens is 332 g/mol. The van der Waals surface area contributed by atoms with E-state index in [2.05, 4.69) is 15.5 Å². The smallest absolute Gasteiger partial charge is 0.214 e. The van der Waals surface area contributed by atoms with E-state index >= 15 is 0 Å². The van der Waals surface area contributed by atoms with Crippen molar-refractivity contribution in [1.29, 1.82) is 0 Å². The van der Waals surface area contributed by atoms with Crippen molar-refractivity contribution in [3.8, 4) is 11.4 Å². The summed E-state index contributed by atoms with van der Waals surface area (Å²) in [5, 5.41) is 13.4. The van der Waals surface area contributed by atoms with Gasteiger partial charge in [-0.05, 0) is 52.7 Å². The summed E-state index contributed by atoms with van der Waals surface area (Å²) in [5.41, 5.74) is 3.10. The first-order valence-corrected chi connectivity index (χ1v) is 8.34. The highest BCUT2D eigenvalue weighted by atomic mass is 35.5. The van der Waals surface area contributed by atoms with Gasteiger partial charge in [-0.3, -0.25) is 0 Å². The van der Waals surface area contributed by atoms with Crippen LogP contribution in [0.25, 0.3) is 5.69 Å². The number of halogens is 1. The molecule has 3 aromatic rings. The summed E-state index contributed by atoms with van der Waals surface area (Å²) in [6.07, 6.45) is 0. The Kier molecular flexibility index (Phi) is 4.83. The zero-order valence-electron chi connectivity index (χ0n) is 12.7. The van der Waals surface area contributed by atoms with Crippen LogP contribution < -0.4 is 4.74 Å². The maximum Gasteiger partial charge on any atom is 0.214 e. The van der Waals surface area contributed by atoms with E-state index in [1.807, 2.05) is 49.4 Å². The summed E-state index contributed by atoms with van der Waals surface area (Å²) in [6.45, 7) is 2.02. The van der Waals surface area contributed by atoms with Crippen LogP contribution in [0.15, 0.2) is 47.6 Å². The van der Waals surface area contributed by atoms with Crippen LogP contribution in [0, 0.1) is 6.92 Å². The normalized spacial score (nSPS) is 10.7. The van der Waals surface area contributed by atoms with Gasteiger partial charge in [-0.1, -0.05) is 41.6 Å². The third-order valence-electron chi connectivity index (χ3n) is 3.28. The average molecular weight is 347 g/mol. The fraction of sp³-hybridized carbons (Fsp3) is 0.188. The lowest BCUT2D eigenvalue weighted by atomic mass is 10.2. The van der Waals surface area contributed by atoms with Gasteiger partial charge in [0, 0.05) is 10.8 Å². The van der Waals surface area contributed by atoms with E-state index in [4.69, 9.17) is 16.3 Å². The molecule has 1 aromatic heterocycles. The Bertz CT molecular complexity index is 804. The molecule has 0 fully saturated rings. The monoisotopic (exact) mass is 346 g/mol. The number of thioether (sulfide) groups is 1. The van der Waals surface area contributed by atoms with Crippen LogP contribution in [0.5, 0.6) is 5.75 Å². The number of aryl methyl sites for hydroxylation is 1. The highest BCUT2D eigenvalue weighted by Gasteiger charge is 2.13. The minimum Gasteiger partial charge on any atom is -0.494 e. The van der Waals surface area contributed by atoms with Crippen molar-refractivity contribution < 1.29 is 4.74 Å². The Morgan fingerprint density at radius 1 is 1.17 bits per heavy atom. The van der Waals surface area contributed by atoms with Crippen LogP contribution >= 0.6 is 23.4 Å². The van der Waals surface area contributed by atoms with Gasteiger partial charge in [-0.15, -0.1) is 5.10 Å². The lowest BCUT2D eigenvalue weighted by Gasteiger charge is -2.10. The SMILES string of the molecule is COc1ccc(C)cc1-n1nnnc1SCc1ccc(Cl)cc1. The first-order valence-electron chi connectivity index (χ1n) is 6.98. The number of hydrogen-bond donors (Lipinski definition) is 0. The van der Waals surface area contributed by atoms with Crippen LogP contribution in [0.1, 0.15) is 11.1 Å². The van der Waals surface area contributed by atoms with E-state index < -0.39 is 0 Å². The molecule has 0 amide bonds. The Labute approximate surface area is 143 Å². The summed E-state index contributed by atoms with van der Waals surface area (Å²) in [6, 6.07) is 13.7. The molecule has 5 nitrogen and oxygen atoms in total. The molecule has 0 N–H and O–H groups in total. The number of benzene rings is 2. The molecule has 0 spiro atoms. The van der Waals surface area contributed by atoms with Crippen LogP contribution in [-0.2, 0) is 5.75 Å². The predicted molar refractivity (Wildman–Crippen MR) is 91.5 cm³/mol. The van der Waals surface area contributed by atoms with Gasteiger partial charge in [0.15, 0.2) is 0 Å². The summed E-state index contributed by atoms with van der Waals surface area (Å²) in [5.74, 6) is 1.49. The van der Waals surface area contributed by atoms with E-state index in [1.165, 1.54) is 0 Å². The zero-order valence-corrected chi connectivity index (χ0v) is 14.3. The molecule has 2 aromatic carbocycles. The van der Waals surface area contributed by atoms with Gasteiger partial charge in [-0.25, -0.2) is 0 Å². The second-order valence-electron chi connectivity index (χ2n) is 4.96. The molecule has 0 unspecified atom stereocenters.